The van der Waals surface area contributed by atoms with Crippen molar-refractivity contribution in [3.8, 4) is 0 Å². The van der Waals surface area contributed by atoms with Crippen LogP contribution in [0.15, 0.2) is 36.4 Å². The number of aliphatic hydroxyl groups excluding tert-OH is 1. The van der Waals surface area contributed by atoms with Crippen LogP contribution in [-0.2, 0) is 6.42 Å². The van der Waals surface area contributed by atoms with Crippen molar-refractivity contribution in [2.45, 2.75) is 33.3 Å². The van der Waals surface area contributed by atoms with Crippen LogP contribution in [0.4, 0.5) is 4.39 Å². The van der Waals surface area contributed by atoms with Crippen LogP contribution in [-0.4, -0.2) is 5.11 Å². The highest BCUT2D eigenvalue weighted by Gasteiger charge is 2.13. The van der Waals surface area contributed by atoms with Gasteiger partial charge in [-0.05, 0) is 48.1 Å². The topological polar surface area (TPSA) is 20.2 Å². The number of benzene rings is 2. The highest BCUT2D eigenvalue weighted by Crippen LogP contribution is 2.25. The van der Waals surface area contributed by atoms with Gasteiger partial charge >= 0.3 is 0 Å². The molecule has 0 radical (unpaired) electrons. The highest BCUT2D eigenvalue weighted by atomic mass is 19.1. The predicted octanol–water partition coefficient (Wildman–Crippen LogP) is 4.09. The van der Waals surface area contributed by atoms with Crippen LogP contribution in [0.3, 0.4) is 0 Å². The third-order valence-electron chi connectivity index (χ3n) is 3.48. The maximum atomic E-state index is 13.6. The molecule has 2 rings (SSSR count). The lowest BCUT2D eigenvalue weighted by Gasteiger charge is -2.14. The fraction of sp³-hybridized carbons (Fsp3) is 0.294. The summed E-state index contributed by atoms with van der Waals surface area (Å²) in [6.07, 6.45) is 0.273. The van der Waals surface area contributed by atoms with E-state index in [1.165, 1.54) is 5.56 Å². The smallest absolute Gasteiger partial charge is 0.129 e. The molecule has 100 valence electrons. The number of rotatable bonds is 3. The largest absolute Gasteiger partial charge is 0.384 e. The Labute approximate surface area is 113 Å². The predicted molar refractivity (Wildman–Crippen MR) is 75.8 cm³/mol. The lowest BCUT2D eigenvalue weighted by molar-refractivity contribution is 0.220. The van der Waals surface area contributed by atoms with Crippen LogP contribution >= 0.6 is 0 Å². The Kier molecular flexibility index (Phi) is 4.01. The molecular weight excluding hydrogens is 239 g/mol. The molecular formula is C17H19FO. The van der Waals surface area contributed by atoms with Gasteiger partial charge in [-0.1, -0.05) is 43.3 Å². The fourth-order valence-electron chi connectivity index (χ4n) is 2.27. The third kappa shape index (κ3) is 2.85. The minimum absolute atomic E-state index is 0.197. The molecule has 0 amide bonds. The van der Waals surface area contributed by atoms with Gasteiger partial charge in [0, 0.05) is 0 Å². The van der Waals surface area contributed by atoms with Crippen LogP contribution in [0.1, 0.15) is 40.8 Å². The molecule has 1 atom stereocenters. The van der Waals surface area contributed by atoms with Crippen LogP contribution in [0.5, 0.6) is 0 Å². The molecule has 1 unspecified atom stereocenters. The molecule has 2 aromatic carbocycles. The molecule has 0 fully saturated rings. The second kappa shape index (κ2) is 5.54. The van der Waals surface area contributed by atoms with E-state index in [2.05, 4.69) is 6.92 Å². The number of hydrogen-bond donors (Lipinski definition) is 1. The van der Waals surface area contributed by atoms with Crippen LogP contribution in [0.2, 0.25) is 0 Å². The average molecular weight is 258 g/mol. The molecule has 0 saturated carbocycles. The van der Waals surface area contributed by atoms with Gasteiger partial charge in [0.05, 0.1) is 0 Å². The Morgan fingerprint density at radius 2 is 1.53 bits per heavy atom. The molecule has 1 nitrogen and oxygen atoms in total. The molecule has 0 heterocycles. The summed E-state index contributed by atoms with van der Waals surface area (Å²) in [7, 11) is 0. The summed E-state index contributed by atoms with van der Waals surface area (Å²) >= 11 is 0. The third-order valence-corrected chi connectivity index (χ3v) is 3.48. The van der Waals surface area contributed by atoms with Gasteiger partial charge in [-0.3, -0.25) is 0 Å². The normalized spacial score (nSPS) is 12.5. The molecule has 0 spiro atoms. The monoisotopic (exact) mass is 258 g/mol. The summed E-state index contributed by atoms with van der Waals surface area (Å²) in [4.78, 5) is 0. The summed E-state index contributed by atoms with van der Waals surface area (Å²) in [5.41, 5.74) is 3.95. The van der Waals surface area contributed by atoms with Crippen LogP contribution in [0, 0.1) is 19.7 Å². The van der Waals surface area contributed by atoms with Gasteiger partial charge in [0.25, 0.3) is 0 Å². The summed E-state index contributed by atoms with van der Waals surface area (Å²) in [5, 5.41) is 10.4. The molecule has 19 heavy (non-hydrogen) atoms. The summed E-state index contributed by atoms with van der Waals surface area (Å²) < 4.78 is 13.6. The van der Waals surface area contributed by atoms with Gasteiger partial charge in [-0.2, -0.15) is 0 Å². The van der Waals surface area contributed by atoms with E-state index in [0.717, 1.165) is 17.5 Å². The van der Waals surface area contributed by atoms with E-state index in [1.807, 2.05) is 24.3 Å². The molecule has 0 bridgehead atoms. The first-order valence-electron chi connectivity index (χ1n) is 6.56. The van der Waals surface area contributed by atoms with Crippen LogP contribution in [0.25, 0.3) is 0 Å². The van der Waals surface area contributed by atoms with Gasteiger partial charge in [-0.15, -0.1) is 0 Å². The minimum atomic E-state index is -0.705. The molecule has 0 saturated heterocycles. The van der Waals surface area contributed by atoms with E-state index >= 15 is 0 Å². The fourth-order valence-corrected chi connectivity index (χ4v) is 2.27. The first-order chi connectivity index (χ1) is 9.02. The van der Waals surface area contributed by atoms with Crippen molar-refractivity contribution in [1.82, 2.24) is 0 Å². The van der Waals surface area contributed by atoms with Crippen molar-refractivity contribution in [2.24, 2.45) is 0 Å². The van der Waals surface area contributed by atoms with Crippen molar-refractivity contribution in [3.63, 3.8) is 0 Å². The van der Waals surface area contributed by atoms with Gasteiger partial charge in [-0.25, -0.2) is 4.39 Å². The van der Waals surface area contributed by atoms with Crippen molar-refractivity contribution >= 4 is 0 Å². The number of aliphatic hydroxyl groups is 1. The van der Waals surface area contributed by atoms with Crippen molar-refractivity contribution in [2.75, 3.05) is 0 Å². The van der Waals surface area contributed by atoms with E-state index < -0.39 is 6.10 Å². The average Bonchev–Trinajstić information content (AvgIpc) is 2.43. The Bertz CT molecular complexity index is 549. The Hall–Kier alpha value is -1.67. The second-order valence-corrected chi connectivity index (χ2v) is 4.97. The molecule has 1 N–H and O–H groups in total. The Morgan fingerprint density at radius 3 is 2.00 bits per heavy atom. The first kappa shape index (κ1) is 13.8. The number of aryl methyl sites for hydroxylation is 3. The van der Waals surface area contributed by atoms with E-state index in [9.17, 15) is 9.50 Å². The SMILES string of the molecule is CCc1ccc(C(O)c2cc(C)c(F)c(C)c2)cc1. The maximum absolute atomic E-state index is 13.6. The van der Waals surface area contributed by atoms with Crippen molar-refractivity contribution in [1.29, 1.82) is 0 Å². The van der Waals surface area contributed by atoms with Gasteiger partial charge in [0.15, 0.2) is 0 Å². The zero-order valence-electron chi connectivity index (χ0n) is 11.6. The second-order valence-electron chi connectivity index (χ2n) is 4.97. The Balaban J connectivity index is 2.35. The van der Waals surface area contributed by atoms with Crippen molar-refractivity contribution < 1.29 is 9.50 Å². The van der Waals surface area contributed by atoms with E-state index in [1.54, 1.807) is 26.0 Å². The molecule has 0 aliphatic rings. The van der Waals surface area contributed by atoms with E-state index in [-0.39, 0.29) is 5.82 Å². The number of halogens is 1. The maximum Gasteiger partial charge on any atom is 0.129 e. The van der Waals surface area contributed by atoms with Crippen molar-refractivity contribution in [3.05, 3.63) is 70.0 Å². The zero-order valence-corrected chi connectivity index (χ0v) is 11.6. The molecule has 0 aliphatic carbocycles. The standard InChI is InChI=1S/C17H19FO/c1-4-13-5-7-14(8-6-13)17(19)15-9-11(2)16(18)12(3)10-15/h5-10,17,19H,4H2,1-3H3. The molecule has 0 aliphatic heterocycles. The summed E-state index contributed by atoms with van der Waals surface area (Å²) in [6, 6.07) is 11.3. The summed E-state index contributed by atoms with van der Waals surface area (Å²) in [6.45, 7) is 5.54. The lowest BCUT2D eigenvalue weighted by Crippen LogP contribution is -2.02. The lowest BCUT2D eigenvalue weighted by atomic mass is 9.96. The van der Waals surface area contributed by atoms with Gasteiger partial charge < -0.3 is 5.11 Å². The minimum Gasteiger partial charge on any atom is -0.384 e. The summed E-state index contributed by atoms with van der Waals surface area (Å²) in [5.74, 6) is -0.197. The van der Waals surface area contributed by atoms with Gasteiger partial charge in [0.2, 0.25) is 0 Å². The molecule has 2 heteroatoms. The molecule has 2 aromatic rings. The highest BCUT2D eigenvalue weighted by molar-refractivity contribution is 5.37. The van der Waals surface area contributed by atoms with E-state index in [0.29, 0.717) is 11.1 Å². The van der Waals surface area contributed by atoms with Gasteiger partial charge in [0.1, 0.15) is 11.9 Å². The molecule has 0 aromatic heterocycles. The number of hydrogen-bond acceptors (Lipinski definition) is 1. The van der Waals surface area contributed by atoms with Crippen LogP contribution < -0.4 is 0 Å². The first-order valence-corrected chi connectivity index (χ1v) is 6.56. The Morgan fingerprint density at radius 1 is 1.00 bits per heavy atom. The zero-order chi connectivity index (χ0) is 14.0. The van der Waals surface area contributed by atoms with E-state index in [4.69, 9.17) is 0 Å². The quantitative estimate of drug-likeness (QED) is 0.879.